The van der Waals surface area contributed by atoms with Crippen LogP contribution < -0.4 is 5.32 Å². The highest BCUT2D eigenvalue weighted by atomic mass is 16.5. The summed E-state index contributed by atoms with van der Waals surface area (Å²) in [5.41, 5.74) is 2.69. The molecule has 2 atom stereocenters. The highest BCUT2D eigenvalue weighted by molar-refractivity contribution is 5.25. The van der Waals surface area contributed by atoms with Gasteiger partial charge in [0.2, 0.25) is 0 Å². The normalized spacial score (nSPS) is 14.6. The third-order valence-corrected chi connectivity index (χ3v) is 3.21. The number of hydrogen-bond donors (Lipinski definition) is 1. The van der Waals surface area contributed by atoms with Crippen molar-refractivity contribution in [2.45, 2.75) is 45.8 Å². The molecule has 96 valence electrons. The second kappa shape index (κ2) is 7.46. The molecule has 0 aromatic heterocycles. The fourth-order valence-electron chi connectivity index (χ4n) is 2.19. The highest BCUT2D eigenvalue weighted by Crippen LogP contribution is 2.22. The van der Waals surface area contributed by atoms with E-state index in [0.717, 1.165) is 19.4 Å². The summed E-state index contributed by atoms with van der Waals surface area (Å²) < 4.78 is 5.79. The van der Waals surface area contributed by atoms with Crippen LogP contribution in [0.25, 0.3) is 0 Å². The van der Waals surface area contributed by atoms with Crippen LogP contribution in [-0.2, 0) is 11.2 Å². The predicted molar refractivity (Wildman–Crippen MR) is 73.3 cm³/mol. The molecule has 0 amide bonds. The minimum atomic E-state index is 0.248. The average molecular weight is 235 g/mol. The molecule has 0 aliphatic carbocycles. The Hall–Kier alpha value is -0.860. The van der Waals surface area contributed by atoms with Gasteiger partial charge in [-0.15, -0.1) is 0 Å². The van der Waals surface area contributed by atoms with Crippen molar-refractivity contribution in [2.75, 3.05) is 13.7 Å². The SMILES string of the molecule is CCOC(CC)C(NC)c1ccc(CC)cc1. The Morgan fingerprint density at radius 2 is 1.76 bits per heavy atom. The van der Waals surface area contributed by atoms with Gasteiger partial charge >= 0.3 is 0 Å². The summed E-state index contributed by atoms with van der Waals surface area (Å²) in [5, 5.41) is 3.37. The Labute approximate surface area is 105 Å². The summed E-state index contributed by atoms with van der Waals surface area (Å²) in [7, 11) is 2.00. The molecule has 0 heterocycles. The zero-order chi connectivity index (χ0) is 12.7. The number of hydrogen-bond acceptors (Lipinski definition) is 2. The van der Waals surface area contributed by atoms with Crippen LogP contribution in [0, 0.1) is 0 Å². The third-order valence-electron chi connectivity index (χ3n) is 3.21. The first-order chi connectivity index (χ1) is 8.26. The highest BCUT2D eigenvalue weighted by Gasteiger charge is 2.20. The van der Waals surface area contributed by atoms with Gasteiger partial charge in [-0.2, -0.15) is 0 Å². The van der Waals surface area contributed by atoms with E-state index in [4.69, 9.17) is 4.74 Å². The molecule has 0 saturated heterocycles. The van der Waals surface area contributed by atoms with E-state index in [9.17, 15) is 0 Å². The van der Waals surface area contributed by atoms with Crippen molar-refractivity contribution in [1.29, 1.82) is 0 Å². The van der Waals surface area contributed by atoms with Gasteiger partial charge in [-0.1, -0.05) is 38.1 Å². The Morgan fingerprint density at radius 3 is 2.18 bits per heavy atom. The molecule has 2 unspecified atom stereocenters. The molecule has 0 saturated carbocycles. The van der Waals surface area contributed by atoms with Gasteiger partial charge in [0.1, 0.15) is 0 Å². The lowest BCUT2D eigenvalue weighted by Gasteiger charge is -2.26. The van der Waals surface area contributed by atoms with E-state index >= 15 is 0 Å². The number of benzene rings is 1. The summed E-state index contributed by atoms with van der Waals surface area (Å²) in [6, 6.07) is 9.12. The number of nitrogens with one attached hydrogen (secondary N) is 1. The molecular formula is C15H25NO. The van der Waals surface area contributed by atoms with Crippen LogP contribution in [0.4, 0.5) is 0 Å². The van der Waals surface area contributed by atoms with Crippen LogP contribution in [0.3, 0.4) is 0 Å². The summed E-state index contributed by atoms with van der Waals surface area (Å²) in [5.74, 6) is 0. The van der Waals surface area contributed by atoms with Crippen molar-refractivity contribution in [3.8, 4) is 0 Å². The summed E-state index contributed by atoms with van der Waals surface area (Å²) >= 11 is 0. The van der Waals surface area contributed by atoms with Crippen LogP contribution in [-0.4, -0.2) is 19.8 Å². The smallest absolute Gasteiger partial charge is 0.0766 e. The summed E-state index contributed by atoms with van der Waals surface area (Å²) in [6.07, 6.45) is 2.36. The van der Waals surface area contributed by atoms with E-state index < -0.39 is 0 Å². The number of rotatable bonds is 7. The van der Waals surface area contributed by atoms with Crippen molar-refractivity contribution in [3.63, 3.8) is 0 Å². The van der Waals surface area contributed by atoms with E-state index in [-0.39, 0.29) is 12.1 Å². The Balaban J connectivity index is 2.83. The fourth-order valence-corrected chi connectivity index (χ4v) is 2.19. The molecule has 17 heavy (non-hydrogen) atoms. The summed E-state index contributed by atoms with van der Waals surface area (Å²) in [4.78, 5) is 0. The second-order valence-corrected chi connectivity index (χ2v) is 4.26. The first kappa shape index (κ1) is 14.2. The lowest BCUT2D eigenvalue weighted by Crippen LogP contribution is -2.31. The van der Waals surface area contributed by atoms with Gasteiger partial charge in [0, 0.05) is 6.61 Å². The van der Waals surface area contributed by atoms with Crippen LogP contribution >= 0.6 is 0 Å². The van der Waals surface area contributed by atoms with Crippen molar-refractivity contribution in [3.05, 3.63) is 35.4 Å². The maximum Gasteiger partial charge on any atom is 0.0766 e. The Bertz CT molecular complexity index is 307. The monoisotopic (exact) mass is 235 g/mol. The van der Waals surface area contributed by atoms with E-state index in [1.165, 1.54) is 11.1 Å². The minimum absolute atomic E-state index is 0.248. The van der Waals surface area contributed by atoms with Gasteiger partial charge in [0.15, 0.2) is 0 Å². The van der Waals surface area contributed by atoms with Crippen LogP contribution in [0.5, 0.6) is 0 Å². The standard InChI is InChI=1S/C15H25NO/c1-5-12-8-10-13(11-9-12)15(16-4)14(6-2)17-7-3/h8-11,14-16H,5-7H2,1-4H3. The van der Waals surface area contributed by atoms with E-state index in [0.29, 0.717) is 0 Å². The number of aryl methyl sites for hydroxylation is 1. The number of ether oxygens (including phenoxy) is 1. The van der Waals surface area contributed by atoms with Gasteiger partial charge in [0.05, 0.1) is 12.1 Å². The van der Waals surface area contributed by atoms with Crippen molar-refractivity contribution in [1.82, 2.24) is 5.32 Å². The molecular weight excluding hydrogens is 210 g/mol. The molecule has 0 aliphatic heterocycles. The molecule has 0 aliphatic rings. The second-order valence-electron chi connectivity index (χ2n) is 4.26. The van der Waals surface area contributed by atoms with Crippen LogP contribution in [0.2, 0.25) is 0 Å². The van der Waals surface area contributed by atoms with E-state index in [1.54, 1.807) is 0 Å². The largest absolute Gasteiger partial charge is 0.377 e. The van der Waals surface area contributed by atoms with Crippen molar-refractivity contribution < 1.29 is 4.74 Å². The molecule has 2 nitrogen and oxygen atoms in total. The van der Waals surface area contributed by atoms with E-state index in [2.05, 4.69) is 50.4 Å². The molecule has 1 N–H and O–H groups in total. The van der Waals surface area contributed by atoms with Crippen molar-refractivity contribution >= 4 is 0 Å². The first-order valence-electron chi connectivity index (χ1n) is 6.64. The molecule has 0 fully saturated rings. The molecule has 1 aromatic carbocycles. The third kappa shape index (κ3) is 3.83. The molecule has 2 heteroatoms. The summed E-state index contributed by atoms with van der Waals surface area (Å²) in [6.45, 7) is 7.17. The van der Waals surface area contributed by atoms with Gasteiger partial charge in [-0.05, 0) is 37.9 Å². The Morgan fingerprint density at radius 1 is 1.12 bits per heavy atom. The van der Waals surface area contributed by atoms with Crippen molar-refractivity contribution in [2.24, 2.45) is 0 Å². The van der Waals surface area contributed by atoms with Gasteiger partial charge < -0.3 is 10.1 Å². The maximum atomic E-state index is 5.79. The quantitative estimate of drug-likeness (QED) is 0.782. The molecule has 1 aromatic rings. The lowest BCUT2D eigenvalue weighted by atomic mass is 9.98. The zero-order valence-corrected chi connectivity index (χ0v) is 11.5. The van der Waals surface area contributed by atoms with Gasteiger partial charge in [-0.3, -0.25) is 0 Å². The first-order valence-corrected chi connectivity index (χ1v) is 6.64. The fraction of sp³-hybridized carbons (Fsp3) is 0.600. The number of likely N-dealkylation sites (N-methyl/N-ethyl adjacent to an activating group) is 1. The van der Waals surface area contributed by atoms with Crippen LogP contribution in [0.1, 0.15) is 44.4 Å². The van der Waals surface area contributed by atoms with Gasteiger partial charge in [-0.25, -0.2) is 0 Å². The Kier molecular flexibility index (Phi) is 6.23. The van der Waals surface area contributed by atoms with Crippen LogP contribution in [0.15, 0.2) is 24.3 Å². The average Bonchev–Trinajstić information content (AvgIpc) is 2.39. The lowest BCUT2D eigenvalue weighted by molar-refractivity contribution is 0.0334. The zero-order valence-electron chi connectivity index (χ0n) is 11.5. The van der Waals surface area contributed by atoms with E-state index in [1.807, 2.05) is 7.05 Å². The van der Waals surface area contributed by atoms with Gasteiger partial charge in [0.25, 0.3) is 0 Å². The predicted octanol–water partition coefficient (Wildman–Crippen LogP) is 3.32. The molecule has 1 rings (SSSR count). The minimum Gasteiger partial charge on any atom is -0.377 e. The molecule has 0 bridgehead atoms. The molecule has 0 spiro atoms. The maximum absolute atomic E-state index is 5.79. The topological polar surface area (TPSA) is 21.3 Å². The molecule has 0 radical (unpaired) electrons.